The third kappa shape index (κ3) is 3.78. The SMILES string of the molecule is CNCCNCc1ccc(Br)c(C)c1. The Morgan fingerprint density at radius 1 is 1.29 bits per heavy atom. The van der Waals surface area contributed by atoms with Gasteiger partial charge in [-0.1, -0.05) is 28.1 Å². The Morgan fingerprint density at radius 3 is 2.71 bits per heavy atom. The predicted octanol–water partition coefficient (Wildman–Crippen LogP) is 2.07. The molecule has 2 nitrogen and oxygen atoms in total. The highest BCUT2D eigenvalue weighted by Crippen LogP contribution is 2.16. The van der Waals surface area contributed by atoms with Gasteiger partial charge in [0.25, 0.3) is 0 Å². The number of likely N-dealkylation sites (N-methyl/N-ethyl adjacent to an activating group) is 1. The molecule has 2 N–H and O–H groups in total. The van der Waals surface area contributed by atoms with Gasteiger partial charge in [-0.25, -0.2) is 0 Å². The van der Waals surface area contributed by atoms with Crippen molar-refractivity contribution < 1.29 is 0 Å². The minimum atomic E-state index is 0.940. The average Bonchev–Trinajstić information content (AvgIpc) is 2.18. The highest BCUT2D eigenvalue weighted by molar-refractivity contribution is 9.10. The van der Waals surface area contributed by atoms with Gasteiger partial charge in [0.2, 0.25) is 0 Å². The lowest BCUT2D eigenvalue weighted by molar-refractivity contribution is 0.650. The third-order valence-electron chi connectivity index (χ3n) is 2.10. The zero-order chi connectivity index (χ0) is 10.4. The molecule has 0 spiro atoms. The van der Waals surface area contributed by atoms with E-state index in [0.717, 1.165) is 19.6 Å². The lowest BCUT2D eigenvalue weighted by atomic mass is 10.1. The molecule has 14 heavy (non-hydrogen) atoms. The minimum Gasteiger partial charge on any atom is -0.318 e. The molecule has 0 radical (unpaired) electrons. The fourth-order valence-electron chi connectivity index (χ4n) is 1.26. The Hall–Kier alpha value is -0.380. The van der Waals surface area contributed by atoms with Gasteiger partial charge in [0.15, 0.2) is 0 Å². The van der Waals surface area contributed by atoms with Crippen molar-refractivity contribution in [1.29, 1.82) is 0 Å². The Morgan fingerprint density at radius 2 is 2.07 bits per heavy atom. The molecule has 0 aliphatic rings. The highest BCUT2D eigenvalue weighted by Gasteiger charge is 1.96. The number of aryl methyl sites for hydroxylation is 1. The van der Waals surface area contributed by atoms with Crippen LogP contribution in [0.25, 0.3) is 0 Å². The largest absolute Gasteiger partial charge is 0.318 e. The Balaban J connectivity index is 2.39. The topological polar surface area (TPSA) is 24.1 Å². The number of halogens is 1. The van der Waals surface area contributed by atoms with Crippen LogP contribution in [-0.2, 0) is 6.54 Å². The quantitative estimate of drug-likeness (QED) is 0.789. The molecule has 3 heteroatoms. The second-order valence-electron chi connectivity index (χ2n) is 3.36. The first kappa shape index (κ1) is 11.7. The maximum absolute atomic E-state index is 3.49. The molecule has 1 rings (SSSR count). The molecule has 0 unspecified atom stereocenters. The molecule has 0 aromatic heterocycles. The van der Waals surface area contributed by atoms with Crippen molar-refractivity contribution in [3.05, 3.63) is 33.8 Å². The maximum Gasteiger partial charge on any atom is 0.0206 e. The molecule has 0 saturated carbocycles. The summed E-state index contributed by atoms with van der Waals surface area (Å²) in [5.74, 6) is 0. The summed E-state index contributed by atoms with van der Waals surface area (Å²) >= 11 is 3.49. The first-order chi connectivity index (χ1) is 6.74. The predicted molar refractivity (Wildman–Crippen MR) is 64.5 cm³/mol. The van der Waals surface area contributed by atoms with Crippen LogP contribution in [0.5, 0.6) is 0 Å². The standard InChI is InChI=1S/C11H17BrN2/c1-9-7-10(3-4-11(9)12)8-14-6-5-13-2/h3-4,7,13-14H,5-6,8H2,1-2H3. The van der Waals surface area contributed by atoms with Crippen LogP contribution in [0.15, 0.2) is 22.7 Å². The summed E-state index contributed by atoms with van der Waals surface area (Å²) in [6, 6.07) is 6.45. The van der Waals surface area contributed by atoms with E-state index in [4.69, 9.17) is 0 Å². The normalized spacial score (nSPS) is 10.5. The molecule has 1 aromatic rings. The van der Waals surface area contributed by atoms with Crippen molar-refractivity contribution in [2.24, 2.45) is 0 Å². The van der Waals surface area contributed by atoms with Crippen LogP contribution in [0.3, 0.4) is 0 Å². The first-order valence-electron chi connectivity index (χ1n) is 4.84. The lowest BCUT2D eigenvalue weighted by Crippen LogP contribution is -2.24. The second-order valence-corrected chi connectivity index (χ2v) is 4.22. The summed E-state index contributed by atoms with van der Waals surface area (Å²) in [4.78, 5) is 0. The van der Waals surface area contributed by atoms with Crippen LogP contribution in [0, 0.1) is 6.92 Å². The van der Waals surface area contributed by atoms with Gasteiger partial charge < -0.3 is 10.6 Å². The molecule has 0 saturated heterocycles. The fraction of sp³-hybridized carbons (Fsp3) is 0.455. The van der Waals surface area contributed by atoms with Gasteiger partial charge in [-0.15, -0.1) is 0 Å². The minimum absolute atomic E-state index is 0.940. The van der Waals surface area contributed by atoms with E-state index in [-0.39, 0.29) is 0 Å². The van der Waals surface area contributed by atoms with E-state index >= 15 is 0 Å². The van der Waals surface area contributed by atoms with Crippen molar-refractivity contribution in [1.82, 2.24) is 10.6 Å². The van der Waals surface area contributed by atoms with E-state index in [1.54, 1.807) is 0 Å². The van der Waals surface area contributed by atoms with Crippen molar-refractivity contribution in [2.45, 2.75) is 13.5 Å². The monoisotopic (exact) mass is 256 g/mol. The third-order valence-corrected chi connectivity index (χ3v) is 2.99. The van der Waals surface area contributed by atoms with Gasteiger partial charge in [0, 0.05) is 24.1 Å². The van der Waals surface area contributed by atoms with E-state index < -0.39 is 0 Å². The molecule has 0 fully saturated rings. The zero-order valence-electron chi connectivity index (χ0n) is 8.73. The molecule has 0 amide bonds. The van der Waals surface area contributed by atoms with Gasteiger partial charge in [0.1, 0.15) is 0 Å². The molecular weight excluding hydrogens is 240 g/mol. The molecule has 0 atom stereocenters. The fourth-order valence-corrected chi connectivity index (χ4v) is 1.51. The summed E-state index contributed by atoms with van der Waals surface area (Å²) in [6.07, 6.45) is 0. The van der Waals surface area contributed by atoms with Crippen LogP contribution in [0.2, 0.25) is 0 Å². The van der Waals surface area contributed by atoms with Crippen LogP contribution in [-0.4, -0.2) is 20.1 Å². The summed E-state index contributed by atoms with van der Waals surface area (Å²) < 4.78 is 1.18. The Bertz CT molecular complexity index is 287. The van der Waals surface area contributed by atoms with Gasteiger partial charge in [-0.2, -0.15) is 0 Å². The average molecular weight is 257 g/mol. The summed E-state index contributed by atoms with van der Waals surface area (Å²) in [5, 5.41) is 6.48. The van der Waals surface area contributed by atoms with Crippen molar-refractivity contribution in [3.8, 4) is 0 Å². The second kappa shape index (κ2) is 6.17. The van der Waals surface area contributed by atoms with E-state index in [0.29, 0.717) is 0 Å². The van der Waals surface area contributed by atoms with Gasteiger partial charge >= 0.3 is 0 Å². The van der Waals surface area contributed by atoms with Crippen LogP contribution in [0.4, 0.5) is 0 Å². The summed E-state index contributed by atoms with van der Waals surface area (Å²) in [5.41, 5.74) is 2.62. The molecule has 0 aliphatic heterocycles. The van der Waals surface area contributed by atoms with E-state index in [2.05, 4.69) is 51.7 Å². The van der Waals surface area contributed by atoms with E-state index in [1.165, 1.54) is 15.6 Å². The molecule has 0 bridgehead atoms. The van der Waals surface area contributed by atoms with Crippen LogP contribution < -0.4 is 10.6 Å². The van der Waals surface area contributed by atoms with E-state index in [9.17, 15) is 0 Å². The van der Waals surface area contributed by atoms with Crippen molar-refractivity contribution in [3.63, 3.8) is 0 Å². The molecule has 0 aliphatic carbocycles. The molecule has 1 aromatic carbocycles. The summed E-state index contributed by atoms with van der Waals surface area (Å²) in [6.45, 7) is 5.07. The Kier molecular flexibility index (Phi) is 5.15. The van der Waals surface area contributed by atoms with Gasteiger partial charge in [-0.05, 0) is 31.2 Å². The number of benzene rings is 1. The smallest absolute Gasteiger partial charge is 0.0206 e. The van der Waals surface area contributed by atoms with Crippen LogP contribution >= 0.6 is 15.9 Å². The van der Waals surface area contributed by atoms with Crippen molar-refractivity contribution in [2.75, 3.05) is 20.1 Å². The number of hydrogen-bond donors (Lipinski definition) is 2. The highest BCUT2D eigenvalue weighted by atomic mass is 79.9. The van der Waals surface area contributed by atoms with Gasteiger partial charge in [-0.3, -0.25) is 0 Å². The van der Waals surface area contributed by atoms with Crippen molar-refractivity contribution >= 4 is 15.9 Å². The number of hydrogen-bond acceptors (Lipinski definition) is 2. The van der Waals surface area contributed by atoms with Gasteiger partial charge in [0.05, 0.1) is 0 Å². The number of rotatable bonds is 5. The first-order valence-corrected chi connectivity index (χ1v) is 5.63. The van der Waals surface area contributed by atoms with Crippen LogP contribution in [0.1, 0.15) is 11.1 Å². The van der Waals surface area contributed by atoms with E-state index in [1.807, 2.05) is 7.05 Å². The zero-order valence-corrected chi connectivity index (χ0v) is 10.3. The molecule has 78 valence electrons. The molecular formula is C11H17BrN2. The maximum atomic E-state index is 3.49. The lowest BCUT2D eigenvalue weighted by Gasteiger charge is -2.06. The Labute approximate surface area is 94.2 Å². The molecule has 0 heterocycles. The number of nitrogens with one attached hydrogen (secondary N) is 2. The summed E-state index contributed by atoms with van der Waals surface area (Å²) in [7, 11) is 1.96.